The van der Waals surface area contributed by atoms with Crippen molar-refractivity contribution in [2.45, 2.75) is 19.9 Å². The van der Waals surface area contributed by atoms with E-state index in [1.54, 1.807) is 12.4 Å². The average molecular weight is 510 g/mol. The summed E-state index contributed by atoms with van der Waals surface area (Å²) in [5.41, 5.74) is 5.85. The molecule has 0 amide bonds. The van der Waals surface area contributed by atoms with Gasteiger partial charge in [-0.05, 0) is 74.8 Å². The van der Waals surface area contributed by atoms with Gasteiger partial charge in [-0.25, -0.2) is 9.97 Å². The quantitative estimate of drug-likeness (QED) is 0.370. The molecule has 2 aliphatic heterocycles. The van der Waals surface area contributed by atoms with E-state index >= 15 is 0 Å². The van der Waals surface area contributed by atoms with Crippen molar-refractivity contribution in [1.29, 1.82) is 0 Å². The maximum absolute atomic E-state index is 4.82. The van der Waals surface area contributed by atoms with Crippen molar-refractivity contribution >= 4 is 17.3 Å². The third-order valence-corrected chi connectivity index (χ3v) is 7.49. The summed E-state index contributed by atoms with van der Waals surface area (Å²) in [6.45, 7) is 10.8. The molecule has 0 spiro atoms. The molecule has 1 atom stereocenters. The Morgan fingerprint density at radius 2 is 1.89 bits per heavy atom. The van der Waals surface area contributed by atoms with Gasteiger partial charge in [-0.1, -0.05) is 0 Å². The van der Waals surface area contributed by atoms with Crippen LogP contribution in [0.1, 0.15) is 13.3 Å². The van der Waals surface area contributed by atoms with Gasteiger partial charge in [0.1, 0.15) is 5.69 Å². The molecular formula is C29H35N9. The smallest absolute Gasteiger partial charge is 0.227 e. The Morgan fingerprint density at radius 1 is 1.03 bits per heavy atom. The number of pyridine rings is 1. The Hall–Kier alpha value is -3.82. The molecule has 5 heterocycles. The van der Waals surface area contributed by atoms with Crippen LogP contribution in [0.15, 0.2) is 67.3 Å². The molecule has 3 aromatic heterocycles. The summed E-state index contributed by atoms with van der Waals surface area (Å²) in [5, 5.41) is 11.6. The van der Waals surface area contributed by atoms with Crippen LogP contribution in [-0.2, 0) is 6.54 Å². The lowest BCUT2D eigenvalue weighted by atomic mass is 10.1. The van der Waals surface area contributed by atoms with Crippen LogP contribution in [0.4, 0.5) is 17.3 Å². The van der Waals surface area contributed by atoms with Gasteiger partial charge in [0.25, 0.3) is 0 Å². The number of rotatable bonds is 8. The third-order valence-electron chi connectivity index (χ3n) is 7.49. The summed E-state index contributed by atoms with van der Waals surface area (Å²) >= 11 is 0. The number of aryl methyl sites for hydroxylation is 1. The molecule has 0 bridgehead atoms. The molecule has 2 saturated heterocycles. The first-order chi connectivity index (χ1) is 18.7. The third kappa shape index (κ3) is 5.54. The van der Waals surface area contributed by atoms with Crippen molar-refractivity contribution in [2.24, 2.45) is 5.92 Å². The highest BCUT2D eigenvalue weighted by Gasteiger charge is 2.22. The van der Waals surface area contributed by atoms with E-state index in [2.05, 4.69) is 61.6 Å². The van der Waals surface area contributed by atoms with Crippen LogP contribution in [-0.4, -0.2) is 75.4 Å². The lowest BCUT2D eigenvalue weighted by Crippen LogP contribution is -2.48. The zero-order valence-corrected chi connectivity index (χ0v) is 21.9. The molecule has 2 fully saturated rings. The maximum Gasteiger partial charge on any atom is 0.227 e. The molecule has 2 N–H and O–H groups in total. The van der Waals surface area contributed by atoms with E-state index in [9.17, 15) is 0 Å². The van der Waals surface area contributed by atoms with Crippen molar-refractivity contribution in [2.75, 3.05) is 56.0 Å². The van der Waals surface area contributed by atoms with Crippen LogP contribution in [0.25, 0.3) is 22.5 Å². The number of benzene rings is 1. The van der Waals surface area contributed by atoms with Crippen LogP contribution in [0.3, 0.4) is 0 Å². The largest absolute Gasteiger partial charge is 0.369 e. The monoisotopic (exact) mass is 509 g/mol. The highest BCUT2D eigenvalue weighted by Crippen LogP contribution is 2.30. The van der Waals surface area contributed by atoms with E-state index in [0.29, 0.717) is 5.95 Å². The molecule has 0 radical (unpaired) electrons. The van der Waals surface area contributed by atoms with Crippen molar-refractivity contribution in [3.05, 3.63) is 67.3 Å². The van der Waals surface area contributed by atoms with E-state index in [4.69, 9.17) is 10.1 Å². The first-order valence-corrected chi connectivity index (χ1v) is 13.6. The summed E-state index contributed by atoms with van der Waals surface area (Å²) in [7, 11) is 0. The lowest BCUT2D eigenvalue weighted by molar-refractivity contribution is 0.225. The molecule has 38 heavy (non-hydrogen) atoms. The Kier molecular flexibility index (Phi) is 7.28. The second-order valence-electron chi connectivity index (χ2n) is 10.1. The van der Waals surface area contributed by atoms with Gasteiger partial charge >= 0.3 is 0 Å². The van der Waals surface area contributed by atoms with E-state index < -0.39 is 0 Å². The molecule has 4 aromatic rings. The SMILES string of the molecule is CCn1cc(-c2ccnc(Nc3ccc(N4CCN(CC5CCNC5)CC4)cc3)n2)c(-c2cccnc2)n1. The Labute approximate surface area is 223 Å². The maximum atomic E-state index is 4.82. The number of aromatic nitrogens is 5. The predicted octanol–water partition coefficient (Wildman–Crippen LogP) is 3.90. The van der Waals surface area contributed by atoms with Gasteiger partial charge in [0.05, 0.1) is 5.69 Å². The first kappa shape index (κ1) is 24.5. The average Bonchev–Trinajstić information content (AvgIpc) is 3.65. The fourth-order valence-corrected chi connectivity index (χ4v) is 5.36. The molecule has 2 aliphatic rings. The Bertz CT molecular complexity index is 1320. The number of nitrogens with zero attached hydrogens (tertiary/aromatic N) is 7. The molecule has 9 heteroatoms. The summed E-state index contributed by atoms with van der Waals surface area (Å²) in [4.78, 5) is 18.7. The van der Waals surface area contributed by atoms with Gasteiger partial charge in [-0.15, -0.1) is 0 Å². The van der Waals surface area contributed by atoms with E-state index in [1.807, 2.05) is 35.3 Å². The summed E-state index contributed by atoms with van der Waals surface area (Å²) in [5.74, 6) is 1.38. The van der Waals surface area contributed by atoms with E-state index in [0.717, 1.165) is 66.8 Å². The standard InChI is InChI=1S/C29H35N9/c1-2-38-21-26(28(35-38)23-4-3-11-30-19-23)27-10-13-32-29(34-27)33-24-5-7-25(8-6-24)37-16-14-36(15-17-37)20-22-9-12-31-18-22/h3-8,10-11,13,19,21-22,31H,2,9,12,14-18,20H2,1H3,(H,32,33,34). The van der Waals surface area contributed by atoms with Crippen LogP contribution < -0.4 is 15.5 Å². The number of nitrogens with one attached hydrogen (secondary N) is 2. The molecule has 6 rings (SSSR count). The fraction of sp³-hybridized carbons (Fsp3) is 0.379. The number of hydrogen-bond acceptors (Lipinski definition) is 8. The molecule has 0 aliphatic carbocycles. The minimum absolute atomic E-state index is 0.562. The fourth-order valence-electron chi connectivity index (χ4n) is 5.36. The van der Waals surface area contributed by atoms with Gasteiger partial charge in [-0.3, -0.25) is 14.6 Å². The molecule has 1 unspecified atom stereocenters. The summed E-state index contributed by atoms with van der Waals surface area (Å²) in [6.07, 6.45) is 8.74. The second kappa shape index (κ2) is 11.3. The van der Waals surface area contributed by atoms with Crippen molar-refractivity contribution in [3.63, 3.8) is 0 Å². The molecule has 9 nitrogen and oxygen atoms in total. The normalized spacial score (nSPS) is 18.1. The van der Waals surface area contributed by atoms with Crippen LogP contribution >= 0.6 is 0 Å². The van der Waals surface area contributed by atoms with Crippen molar-refractivity contribution in [3.8, 4) is 22.5 Å². The topological polar surface area (TPSA) is 87.0 Å². The first-order valence-electron chi connectivity index (χ1n) is 13.6. The number of piperazine rings is 1. The number of hydrogen-bond donors (Lipinski definition) is 2. The highest BCUT2D eigenvalue weighted by atomic mass is 15.3. The van der Waals surface area contributed by atoms with Crippen LogP contribution in [0.5, 0.6) is 0 Å². The zero-order chi connectivity index (χ0) is 25.7. The number of anilines is 3. The van der Waals surface area contributed by atoms with Gasteiger partial charge in [0.2, 0.25) is 5.95 Å². The van der Waals surface area contributed by atoms with Gasteiger partial charge in [0, 0.05) is 86.6 Å². The molecule has 1 aromatic carbocycles. The van der Waals surface area contributed by atoms with Crippen molar-refractivity contribution in [1.82, 2.24) is 34.9 Å². The predicted molar refractivity (Wildman–Crippen MR) is 152 cm³/mol. The van der Waals surface area contributed by atoms with E-state index in [-0.39, 0.29) is 0 Å². The molecule has 196 valence electrons. The highest BCUT2D eigenvalue weighted by molar-refractivity contribution is 5.78. The van der Waals surface area contributed by atoms with Crippen LogP contribution in [0, 0.1) is 5.92 Å². The summed E-state index contributed by atoms with van der Waals surface area (Å²) < 4.78 is 1.93. The summed E-state index contributed by atoms with van der Waals surface area (Å²) in [6, 6.07) is 14.5. The molecule has 0 saturated carbocycles. The minimum Gasteiger partial charge on any atom is -0.369 e. The second-order valence-corrected chi connectivity index (χ2v) is 10.1. The van der Waals surface area contributed by atoms with Crippen LogP contribution in [0.2, 0.25) is 0 Å². The van der Waals surface area contributed by atoms with Gasteiger partial charge in [-0.2, -0.15) is 5.10 Å². The lowest BCUT2D eigenvalue weighted by Gasteiger charge is -2.37. The van der Waals surface area contributed by atoms with Gasteiger partial charge < -0.3 is 15.5 Å². The van der Waals surface area contributed by atoms with Crippen molar-refractivity contribution < 1.29 is 0 Å². The van der Waals surface area contributed by atoms with Gasteiger partial charge in [0.15, 0.2) is 0 Å². The Morgan fingerprint density at radius 3 is 2.63 bits per heavy atom. The van der Waals surface area contributed by atoms with E-state index in [1.165, 1.54) is 31.7 Å². The zero-order valence-electron chi connectivity index (χ0n) is 21.9. The Balaban J connectivity index is 1.12. The molecular weight excluding hydrogens is 474 g/mol. The minimum atomic E-state index is 0.562.